The summed E-state index contributed by atoms with van der Waals surface area (Å²) in [6.45, 7) is 4.41. The molecule has 0 saturated heterocycles. The molecule has 0 fully saturated rings. The molecule has 2 aromatic carbocycles. The van der Waals surface area contributed by atoms with E-state index in [2.05, 4.69) is 58.6 Å². The molecule has 0 radical (unpaired) electrons. The number of benzene rings is 2. The number of nitrogens with one attached hydrogen (secondary N) is 1. The summed E-state index contributed by atoms with van der Waals surface area (Å²) < 4.78 is 7.64. The number of hydrogen-bond acceptors (Lipinski definition) is 3. The van der Waals surface area contributed by atoms with E-state index in [9.17, 15) is 4.79 Å². The van der Waals surface area contributed by atoms with Crippen molar-refractivity contribution in [1.82, 2.24) is 9.47 Å². The lowest BCUT2D eigenvalue weighted by Crippen LogP contribution is -2.37. The molecule has 0 atom stereocenters. The van der Waals surface area contributed by atoms with Crippen molar-refractivity contribution in [3.05, 3.63) is 76.6 Å². The highest BCUT2D eigenvalue weighted by Crippen LogP contribution is 2.37. The number of aromatic nitrogens is 1. The summed E-state index contributed by atoms with van der Waals surface area (Å²) in [6.07, 6.45) is 0. The lowest BCUT2D eigenvalue weighted by Gasteiger charge is -2.23. The number of carbonyl (C=O) groups is 1. The highest BCUT2D eigenvalue weighted by atomic mass is 35.5. The Labute approximate surface area is 197 Å². The molecule has 7 heteroatoms. The number of halogens is 1. The third-order valence-electron chi connectivity index (χ3n) is 5.44. The van der Waals surface area contributed by atoms with E-state index >= 15 is 0 Å². The Morgan fingerprint density at radius 3 is 2.59 bits per heavy atom. The fourth-order valence-corrected chi connectivity index (χ4v) is 4.87. The number of hydrogen-bond donors (Lipinski definition) is 1. The molecular weight excluding hydrogens is 442 g/mol. The van der Waals surface area contributed by atoms with Gasteiger partial charge in [0.25, 0.3) is 0 Å². The van der Waals surface area contributed by atoms with E-state index in [0.717, 1.165) is 12.1 Å². The number of para-hydroxylation sites is 1. The molecule has 32 heavy (non-hydrogen) atoms. The SMILES string of the molecule is CCn1c(-c2cccs2)c(CN(CCOC)C(=O)Nc2ccc(Cl)cc2)c2ccccc21. The van der Waals surface area contributed by atoms with E-state index < -0.39 is 0 Å². The first-order chi connectivity index (χ1) is 15.6. The molecule has 0 unspecified atom stereocenters. The summed E-state index contributed by atoms with van der Waals surface area (Å²) >= 11 is 7.70. The lowest BCUT2D eigenvalue weighted by molar-refractivity contribution is 0.153. The zero-order chi connectivity index (χ0) is 22.5. The van der Waals surface area contributed by atoms with Crippen molar-refractivity contribution in [1.29, 1.82) is 0 Å². The first-order valence-corrected chi connectivity index (χ1v) is 11.8. The first-order valence-electron chi connectivity index (χ1n) is 10.6. The second kappa shape index (κ2) is 10.2. The minimum atomic E-state index is -0.171. The van der Waals surface area contributed by atoms with Crippen LogP contribution in [0, 0.1) is 0 Å². The van der Waals surface area contributed by atoms with Crippen molar-refractivity contribution in [2.75, 3.05) is 25.6 Å². The van der Waals surface area contributed by atoms with E-state index in [1.807, 2.05) is 0 Å². The Morgan fingerprint density at radius 1 is 1.12 bits per heavy atom. The summed E-state index contributed by atoms with van der Waals surface area (Å²) in [5, 5.41) is 6.88. The minimum absolute atomic E-state index is 0.171. The average Bonchev–Trinajstić information content (AvgIpc) is 3.44. The predicted molar refractivity (Wildman–Crippen MR) is 134 cm³/mol. The number of anilines is 1. The summed E-state index contributed by atoms with van der Waals surface area (Å²) in [4.78, 5) is 16.2. The number of rotatable bonds is 8. The molecular formula is C25H26ClN3O2S. The lowest BCUT2D eigenvalue weighted by atomic mass is 10.1. The maximum atomic E-state index is 13.2. The number of thiophene rings is 1. The molecule has 0 aliphatic rings. The summed E-state index contributed by atoms with van der Waals surface area (Å²) in [5.41, 5.74) is 4.20. The van der Waals surface area contributed by atoms with Crippen molar-refractivity contribution in [3.63, 3.8) is 0 Å². The molecule has 0 bridgehead atoms. The van der Waals surface area contributed by atoms with Gasteiger partial charge in [-0.05, 0) is 48.7 Å². The Hall–Kier alpha value is -2.80. The fraction of sp³-hybridized carbons (Fsp3) is 0.240. The smallest absolute Gasteiger partial charge is 0.322 e. The monoisotopic (exact) mass is 467 g/mol. The van der Waals surface area contributed by atoms with E-state index in [0.29, 0.717) is 30.4 Å². The Balaban J connectivity index is 1.73. The number of carbonyl (C=O) groups excluding carboxylic acids is 1. The standard InChI is InChI=1S/C25H26ClN3O2S/c1-3-29-22-8-5-4-7-20(22)21(24(29)23-9-6-16-32-23)17-28(14-15-31-2)25(30)27-19-12-10-18(26)11-13-19/h4-13,16H,3,14-15,17H2,1-2H3,(H,27,30). The quantitative estimate of drug-likeness (QED) is 0.312. The van der Waals surface area contributed by atoms with E-state index in [1.165, 1.54) is 21.5 Å². The number of fused-ring (bicyclic) bond motifs is 1. The van der Waals surface area contributed by atoms with E-state index in [4.69, 9.17) is 16.3 Å². The van der Waals surface area contributed by atoms with E-state index in [-0.39, 0.29) is 6.03 Å². The second-order valence-corrected chi connectivity index (χ2v) is 8.80. The van der Waals surface area contributed by atoms with Crippen LogP contribution in [0.2, 0.25) is 5.02 Å². The highest BCUT2D eigenvalue weighted by Gasteiger charge is 2.23. The van der Waals surface area contributed by atoms with Crippen molar-refractivity contribution < 1.29 is 9.53 Å². The van der Waals surface area contributed by atoms with Crippen LogP contribution >= 0.6 is 22.9 Å². The molecule has 2 heterocycles. The molecule has 0 saturated carbocycles. The highest BCUT2D eigenvalue weighted by molar-refractivity contribution is 7.13. The normalized spacial score (nSPS) is 11.1. The summed E-state index contributed by atoms with van der Waals surface area (Å²) in [5.74, 6) is 0. The third-order valence-corrected chi connectivity index (χ3v) is 6.57. The average molecular weight is 468 g/mol. The van der Waals surface area contributed by atoms with Gasteiger partial charge in [-0.3, -0.25) is 0 Å². The molecule has 0 aliphatic heterocycles. The number of nitrogens with zero attached hydrogens (tertiary/aromatic N) is 2. The van der Waals surface area contributed by atoms with Gasteiger partial charge in [-0.25, -0.2) is 4.79 Å². The Morgan fingerprint density at radius 2 is 1.91 bits per heavy atom. The molecule has 5 nitrogen and oxygen atoms in total. The number of amides is 2. The molecule has 166 valence electrons. The maximum absolute atomic E-state index is 13.2. The largest absolute Gasteiger partial charge is 0.383 e. The number of aryl methyl sites for hydroxylation is 1. The van der Waals surface area contributed by atoms with Gasteiger partial charge in [0.2, 0.25) is 0 Å². The number of ether oxygens (including phenoxy) is 1. The topological polar surface area (TPSA) is 46.5 Å². The zero-order valence-corrected chi connectivity index (χ0v) is 19.7. The van der Waals surface area contributed by atoms with Gasteiger partial charge in [-0.15, -0.1) is 11.3 Å². The van der Waals surface area contributed by atoms with Gasteiger partial charge in [0.1, 0.15) is 0 Å². The Bertz CT molecular complexity index is 1190. The third kappa shape index (κ3) is 4.67. The van der Waals surface area contributed by atoms with Gasteiger partial charge in [0.15, 0.2) is 0 Å². The van der Waals surface area contributed by atoms with Crippen LogP contribution in [0.5, 0.6) is 0 Å². The van der Waals surface area contributed by atoms with Crippen LogP contribution in [0.25, 0.3) is 21.5 Å². The van der Waals surface area contributed by atoms with Gasteiger partial charge < -0.3 is 19.5 Å². The van der Waals surface area contributed by atoms with Crippen LogP contribution in [0.15, 0.2) is 66.0 Å². The second-order valence-electron chi connectivity index (χ2n) is 7.42. The maximum Gasteiger partial charge on any atom is 0.322 e. The molecule has 2 amide bonds. The van der Waals surface area contributed by atoms with Gasteiger partial charge >= 0.3 is 6.03 Å². The predicted octanol–water partition coefficient (Wildman–Crippen LogP) is 6.72. The summed E-state index contributed by atoms with van der Waals surface area (Å²) in [6, 6.07) is 19.6. The molecule has 4 rings (SSSR count). The van der Waals surface area contributed by atoms with Gasteiger partial charge in [0.05, 0.1) is 23.7 Å². The van der Waals surface area contributed by atoms with Crippen molar-refractivity contribution in [2.24, 2.45) is 0 Å². The van der Waals surface area contributed by atoms with Gasteiger partial charge in [-0.1, -0.05) is 35.9 Å². The van der Waals surface area contributed by atoms with Crippen molar-refractivity contribution in [2.45, 2.75) is 20.0 Å². The van der Waals surface area contributed by atoms with Crippen molar-refractivity contribution >= 4 is 45.6 Å². The molecule has 1 N–H and O–H groups in total. The Kier molecular flexibility index (Phi) is 7.15. The van der Waals surface area contributed by atoms with Crippen LogP contribution in [0.1, 0.15) is 12.5 Å². The van der Waals surface area contributed by atoms with Crippen LogP contribution in [0.3, 0.4) is 0 Å². The van der Waals surface area contributed by atoms with Crippen LogP contribution in [-0.2, 0) is 17.8 Å². The molecule has 0 aliphatic carbocycles. The minimum Gasteiger partial charge on any atom is -0.383 e. The van der Waals surface area contributed by atoms with Crippen LogP contribution in [0.4, 0.5) is 10.5 Å². The van der Waals surface area contributed by atoms with Crippen molar-refractivity contribution in [3.8, 4) is 10.6 Å². The molecule has 2 aromatic heterocycles. The fourth-order valence-electron chi connectivity index (χ4n) is 3.94. The summed E-state index contributed by atoms with van der Waals surface area (Å²) in [7, 11) is 1.65. The van der Waals surface area contributed by atoms with E-state index in [1.54, 1.807) is 47.6 Å². The number of methoxy groups -OCH3 is 1. The van der Waals surface area contributed by atoms with Gasteiger partial charge in [0, 0.05) is 47.4 Å². The first kappa shape index (κ1) is 22.4. The van der Waals surface area contributed by atoms with Crippen LogP contribution in [-0.4, -0.2) is 35.8 Å². The zero-order valence-electron chi connectivity index (χ0n) is 18.2. The molecule has 4 aromatic rings. The van der Waals surface area contributed by atoms with Crippen LogP contribution < -0.4 is 5.32 Å². The van der Waals surface area contributed by atoms with Gasteiger partial charge in [-0.2, -0.15) is 0 Å². The number of urea groups is 1. The molecule has 0 spiro atoms.